The zero-order valence-electron chi connectivity index (χ0n) is 22.6. The summed E-state index contributed by atoms with van der Waals surface area (Å²) in [4.78, 5) is 40.2. The molecule has 0 atom stereocenters. The van der Waals surface area contributed by atoms with Gasteiger partial charge < -0.3 is 30.0 Å². The fourth-order valence-electron chi connectivity index (χ4n) is 4.59. The van der Waals surface area contributed by atoms with E-state index >= 15 is 0 Å². The van der Waals surface area contributed by atoms with Crippen molar-refractivity contribution in [2.24, 2.45) is 0 Å². The Bertz CT molecular complexity index is 1750. The van der Waals surface area contributed by atoms with Crippen LogP contribution in [-0.4, -0.2) is 53.2 Å². The van der Waals surface area contributed by atoms with E-state index < -0.39 is 17.8 Å². The number of morpholine rings is 1. The van der Waals surface area contributed by atoms with Gasteiger partial charge >= 0.3 is 6.03 Å². The van der Waals surface area contributed by atoms with Gasteiger partial charge in [0.1, 0.15) is 17.1 Å². The molecule has 12 heteroatoms. The lowest BCUT2D eigenvalue weighted by Crippen LogP contribution is -2.37. The van der Waals surface area contributed by atoms with E-state index in [0.717, 1.165) is 23.0 Å². The van der Waals surface area contributed by atoms with Gasteiger partial charge in [0, 0.05) is 48.7 Å². The van der Waals surface area contributed by atoms with Gasteiger partial charge in [-0.05, 0) is 60.7 Å². The van der Waals surface area contributed by atoms with Gasteiger partial charge in [-0.25, -0.2) is 24.1 Å². The monoisotopic (exact) mass is 567 g/mol. The summed E-state index contributed by atoms with van der Waals surface area (Å²) in [5, 5.41) is 7.69. The van der Waals surface area contributed by atoms with E-state index in [2.05, 4.69) is 25.8 Å². The summed E-state index contributed by atoms with van der Waals surface area (Å²) < 4.78 is 25.3. The number of fused-ring (bicyclic) bond motifs is 1. The van der Waals surface area contributed by atoms with Crippen molar-refractivity contribution in [1.29, 1.82) is 0 Å². The molecule has 0 bridgehead atoms. The summed E-state index contributed by atoms with van der Waals surface area (Å²) in [7, 11) is 0. The smallest absolute Gasteiger partial charge is 0.323 e. The number of aromatic nitrogens is 3. The van der Waals surface area contributed by atoms with Gasteiger partial charge in [0.05, 0.1) is 30.7 Å². The van der Waals surface area contributed by atoms with E-state index in [0.29, 0.717) is 54.6 Å². The van der Waals surface area contributed by atoms with Crippen molar-refractivity contribution >= 4 is 45.9 Å². The lowest BCUT2D eigenvalue weighted by atomic mass is 10.1. The Morgan fingerprint density at radius 2 is 1.67 bits per heavy atom. The van der Waals surface area contributed by atoms with Gasteiger partial charge in [-0.1, -0.05) is 0 Å². The Morgan fingerprint density at radius 3 is 2.38 bits per heavy atom. The van der Waals surface area contributed by atoms with Crippen molar-refractivity contribution in [3.63, 3.8) is 0 Å². The average molecular weight is 568 g/mol. The van der Waals surface area contributed by atoms with Crippen LogP contribution in [-0.2, 0) is 9.53 Å². The Kier molecular flexibility index (Phi) is 7.43. The number of nitrogens with one attached hydrogen (secondary N) is 3. The molecule has 0 unspecified atom stereocenters. The first-order valence-corrected chi connectivity index (χ1v) is 13.2. The molecular weight excluding hydrogens is 541 g/mol. The largest absolute Gasteiger partial charge is 0.464 e. The highest BCUT2D eigenvalue weighted by Crippen LogP contribution is 2.30. The highest BCUT2D eigenvalue weighted by molar-refractivity contribution is 6.00. The predicted octanol–water partition coefficient (Wildman–Crippen LogP) is 5.53. The minimum atomic E-state index is -0.661. The summed E-state index contributed by atoms with van der Waals surface area (Å²) in [6.07, 6.45) is 3.37. The molecule has 4 heterocycles. The molecule has 0 aliphatic carbocycles. The second-order valence-electron chi connectivity index (χ2n) is 9.57. The molecule has 1 aliphatic heterocycles. The zero-order chi connectivity index (χ0) is 29.1. The minimum absolute atomic E-state index is 0.0321. The molecule has 3 N–H and O–H groups in total. The first-order valence-electron chi connectivity index (χ1n) is 13.2. The third kappa shape index (κ3) is 5.88. The van der Waals surface area contributed by atoms with Crippen molar-refractivity contribution in [3.8, 4) is 22.7 Å². The third-order valence-electron chi connectivity index (χ3n) is 6.57. The molecule has 2 aromatic carbocycles. The molecule has 1 saturated heterocycles. The molecule has 42 heavy (non-hydrogen) atoms. The molecule has 6 rings (SSSR count). The Hall–Kier alpha value is -5.36. The number of anilines is 4. The lowest BCUT2D eigenvalue weighted by Gasteiger charge is -2.28. The molecule has 11 nitrogen and oxygen atoms in total. The summed E-state index contributed by atoms with van der Waals surface area (Å²) in [5.74, 6) is 0.872. The molecular formula is C30H26FN7O4. The highest BCUT2D eigenvalue weighted by Gasteiger charge is 2.20. The summed E-state index contributed by atoms with van der Waals surface area (Å²) in [6.45, 7) is 3.85. The van der Waals surface area contributed by atoms with Gasteiger partial charge in [-0.2, -0.15) is 0 Å². The molecule has 212 valence electrons. The number of hydrogen-bond donors (Lipinski definition) is 3. The molecule has 1 aliphatic rings. The summed E-state index contributed by atoms with van der Waals surface area (Å²) in [6, 6.07) is 16.2. The molecule has 0 radical (unpaired) electrons. The molecule has 3 amide bonds. The van der Waals surface area contributed by atoms with Crippen LogP contribution in [0.25, 0.3) is 33.7 Å². The summed E-state index contributed by atoms with van der Waals surface area (Å²) >= 11 is 0. The van der Waals surface area contributed by atoms with Crippen LogP contribution in [0.15, 0.2) is 77.5 Å². The topological polar surface area (TPSA) is 135 Å². The van der Waals surface area contributed by atoms with E-state index in [1.54, 1.807) is 24.6 Å². The molecule has 0 saturated carbocycles. The quantitative estimate of drug-likeness (QED) is 0.244. The van der Waals surface area contributed by atoms with E-state index in [9.17, 15) is 14.0 Å². The van der Waals surface area contributed by atoms with Crippen LogP contribution in [0.4, 0.5) is 32.1 Å². The van der Waals surface area contributed by atoms with Crippen LogP contribution in [0.5, 0.6) is 0 Å². The number of urea groups is 1. The zero-order valence-corrected chi connectivity index (χ0v) is 22.6. The van der Waals surface area contributed by atoms with Crippen molar-refractivity contribution in [2.75, 3.05) is 47.2 Å². The molecule has 3 aromatic heterocycles. The van der Waals surface area contributed by atoms with Crippen LogP contribution in [0, 0.1) is 5.82 Å². The number of rotatable bonds is 6. The van der Waals surface area contributed by atoms with Crippen LogP contribution in [0.2, 0.25) is 0 Å². The number of pyridine rings is 1. The number of benzene rings is 2. The SMILES string of the molecule is CC(=O)Nc1ccc(NC(=O)Nc2ccc(-c3nc(N4CCOCC4)c4ncc(-c5ccco5)cc4n3)cc2)cc1F. The summed E-state index contributed by atoms with van der Waals surface area (Å²) in [5.41, 5.74) is 3.70. The van der Waals surface area contributed by atoms with Crippen LogP contribution in [0.3, 0.4) is 0 Å². The number of carbonyl (C=O) groups excluding carboxylic acids is 2. The molecule has 0 spiro atoms. The number of amides is 3. The standard InChI is InChI=1S/C30H26FN7O4/c1-18(39)33-24-9-8-22(16-23(24)31)35-30(40)34-21-6-4-19(5-7-21)28-36-25-15-20(26-3-2-12-42-26)17-32-27(25)29(37-28)38-10-13-41-14-11-38/h2-9,12,15-17H,10-11,13-14H2,1H3,(H,33,39)(H2,34,35,40). The van der Waals surface area contributed by atoms with Crippen LogP contribution in [0.1, 0.15) is 6.92 Å². The van der Waals surface area contributed by atoms with Crippen molar-refractivity contribution in [3.05, 3.63) is 78.9 Å². The maximum absolute atomic E-state index is 14.2. The first kappa shape index (κ1) is 26.8. The van der Waals surface area contributed by atoms with E-state index in [-0.39, 0.29) is 11.4 Å². The maximum Gasteiger partial charge on any atom is 0.323 e. The normalized spacial score (nSPS) is 13.1. The van der Waals surface area contributed by atoms with Crippen LogP contribution >= 0.6 is 0 Å². The van der Waals surface area contributed by atoms with E-state index in [1.807, 2.05) is 30.3 Å². The number of halogens is 1. The maximum atomic E-state index is 14.2. The van der Waals surface area contributed by atoms with Gasteiger partial charge in [0.25, 0.3) is 0 Å². The Balaban J connectivity index is 1.23. The fraction of sp³-hybridized carbons (Fsp3) is 0.167. The van der Waals surface area contributed by atoms with Gasteiger partial charge in [-0.3, -0.25) is 4.79 Å². The van der Waals surface area contributed by atoms with Crippen molar-refractivity contribution in [1.82, 2.24) is 15.0 Å². The molecule has 5 aromatic rings. The number of carbonyl (C=O) groups is 2. The second kappa shape index (κ2) is 11.6. The Labute approximate surface area is 239 Å². The second-order valence-corrected chi connectivity index (χ2v) is 9.57. The fourth-order valence-corrected chi connectivity index (χ4v) is 4.59. The van der Waals surface area contributed by atoms with Crippen molar-refractivity contribution in [2.45, 2.75) is 6.92 Å². The van der Waals surface area contributed by atoms with Gasteiger partial charge in [-0.15, -0.1) is 0 Å². The van der Waals surface area contributed by atoms with Crippen molar-refractivity contribution < 1.29 is 23.1 Å². The number of furan rings is 1. The average Bonchev–Trinajstić information content (AvgIpc) is 3.54. The lowest BCUT2D eigenvalue weighted by molar-refractivity contribution is -0.114. The van der Waals surface area contributed by atoms with E-state index in [4.69, 9.17) is 19.1 Å². The van der Waals surface area contributed by atoms with E-state index in [1.165, 1.54) is 19.1 Å². The van der Waals surface area contributed by atoms with Crippen LogP contribution < -0.4 is 20.9 Å². The predicted molar refractivity (Wildman–Crippen MR) is 157 cm³/mol. The third-order valence-corrected chi connectivity index (χ3v) is 6.57. The first-order chi connectivity index (χ1) is 20.4. The number of hydrogen-bond acceptors (Lipinski definition) is 8. The minimum Gasteiger partial charge on any atom is -0.464 e. The Morgan fingerprint density at radius 1 is 0.905 bits per heavy atom. The van der Waals surface area contributed by atoms with Gasteiger partial charge in [0.2, 0.25) is 5.91 Å². The number of nitrogens with zero attached hydrogens (tertiary/aromatic N) is 4. The molecule has 1 fully saturated rings. The van der Waals surface area contributed by atoms with Gasteiger partial charge in [0.15, 0.2) is 11.6 Å². The highest BCUT2D eigenvalue weighted by atomic mass is 19.1. The number of ether oxygens (including phenoxy) is 1.